The summed E-state index contributed by atoms with van der Waals surface area (Å²) in [5, 5.41) is 30.5. The van der Waals surface area contributed by atoms with Crippen molar-refractivity contribution < 1.29 is 57.2 Å². The van der Waals surface area contributed by atoms with Crippen molar-refractivity contribution in [3.8, 4) is 0 Å². The fraction of sp³-hybridized carbons (Fsp3) is 0.344. The lowest BCUT2D eigenvalue weighted by Crippen LogP contribution is -2.53. The molecule has 480 valence electrons. The number of rotatable bonds is 17. The number of carbonyl (C=O) groups is 6. The number of carboxylic acids is 2. The van der Waals surface area contributed by atoms with Gasteiger partial charge in [-0.3, -0.25) is 39.2 Å². The highest BCUT2D eigenvalue weighted by Gasteiger charge is 2.45. The highest BCUT2D eigenvalue weighted by Crippen LogP contribution is 2.40. The van der Waals surface area contributed by atoms with E-state index < -0.39 is 53.0 Å². The summed E-state index contributed by atoms with van der Waals surface area (Å²) in [5.74, 6) is -3.19. The van der Waals surface area contributed by atoms with Crippen LogP contribution < -0.4 is 20.4 Å². The quantitative estimate of drug-likeness (QED) is 0.0621. The Balaban J connectivity index is 0.000000188. The largest absolute Gasteiger partial charge is 0.481 e. The summed E-state index contributed by atoms with van der Waals surface area (Å²) in [6, 6.07) is 20.4. The number of amides is 4. The molecule has 0 bridgehead atoms. The molecule has 92 heavy (non-hydrogen) atoms. The Morgan fingerprint density at radius 1 is 0.652 bits per heavy atom. The van der Waals surface area contributed by atoms with Crippen LogP contribution in [0, 0.1) is 11.6 Å². The summed E-state index contributed by atoms with van der Waals surface area (Å²) in [4.78, 5) is 106. The van der Waals surface area contributed by atoms with Crippen molar-refractivity contribution >= 4 is 105 Å². The van der Waals surface area contributed by atoms with Crippen LogP contribution >= 0.6 is 45.9 Å². The zero-order chi connectivity index (χ0) is 65.3. The molecule has 0 radical (unpaired) electrons. The summed E-state index contributed by atoms with van der Waals surface area (Å²) in [5.41, 5.74) is 4.51. The van der Waals surface area contributed by atoms with Crippen LogP contribution in [0.1, 0.15) is 77.5 Å². The second kappa shape index (κ2) is 27.3. The number of anilines is 2. The summed E-state index contributed by atoms with van der Waals surface area (Å²) in [6.45, 7) is 9.92. The van der Waals surface area contributed by atoms with Gasteiger partial charge in [0.2, 0.25) is 0 Å². The lowest BCUT2D eigenvalue weighted by molar-refractivity contribution is -0.142. The third-order valence-corrected chi connectivity index (χ3v) is 19.4. The lowest BCUT2D eigenvalue weighted by Gasteiger charge is -2.38. The molecule has 4 fully saturated rings. The predicted octanol–water partition coefficient (Wildman–Crippen LogP) is 9.10. The molecule has 1 unspecified atom stereocenters. The van der Waals surface area contributed by atoms with Gasteiger partial charge >= 0.3 is 35.9 Å². The average Bonchev–Trinajstić information content (AvgIpc) is 1.16. The molecule has 4 N–H and O–H groups in total. The van der Waals surface area contributed by atoms with Crippen molar-refractivity contribution in [1.82, 2.24) is 40.2 Å². The standard InChI is InChI=1S/2C32H32ClFN6O5S/c1-32(2,30(42)43)18-4-7-20(8-5-18)40-16-21-15-38(11-12-39(21)31(40)44)17-24-25(29(41)45-3)26(22-9-6-19(34)14-23(22)33)37-27(36-24)28-35-10-13-46-28;1-18(13-26(41)42)19-3-6-21(7-4-19)40-16-22-15-38(10-11-39(22)32(40)44)17-25-27(31(43)45-2)28(23-8-5-20(34)14-24(23)33)37-29(36-25)30-35-9-12-46-30/h4-10,13-14,21,26H,11-12,15-17H2,1-3H3,(H,36,37)(H,42,43);3-9,12,14,18,22,28H,10-11,13,15-17H2,1-2H3,(H,36,37)(H,41,42)/t21-,26-;18?,22-,28-/m00/s1. The van der Waals surface area contributed by atoms with Gasteiger partial charge in [0.15, 0.2) is 21.7 Å². The predicted molar refractivity (Wildman–Crippen MR) is 344 cm³/mol. The summed E-state index contributed by atoms with van der Waals surface area (Å²) in [7, 11) is 2.59. The van der Waals surface area contributed by atoms with Gasteiger partial charge < -0.3 is 40.1 Å². The molecule has 6 aliphatic heterocycles. The van der Waals surface area contributed by atoms with Gasteiger partial charge in [0.05, 0.1) is 49.3 Å². The molecule has 12 rings (SSSR count). The number of halogens is 4. The number of carbonyl (C=O) groups excluding carboxylic acids is 4. The molecule has 4 amide bonds. The molecule has 6 aliphatic rings. The van der Waals surface area contributed by atoms with E-state index in [1.807, 2.05) is 51.7 Å². The Hall–Kier alpha value is -8.66. The number of nitrogens with one attached hydrogen (secondary N) is 2. The van der Waals surface area contributed by atoms with Crippen LogP contribution in [0.3, 0.4) is 0 Å². The molecule has 28 heteroatoms. The monoisotopic (exact) mass is 1330 g/mol. The van der Waals surface area contributed by atoms with Crippen LogP contribution in [-0.4, -0.2) is 179 Å². The molecule has 5 atom stereocenters. The average molecular weight is 1330 g/mol. The molecule has 0 spiro atoms. The molecule has 2 aromatic heterocycles. The number of methoxy groups -OCH3 is 2. The molecule has 22 nitrogen and oxygen atoms in total. The Morgan fingerprint density at radius 2 is 1.09 bits per heavy atom. The van der Waals surface area contributed by atoms with Crippen molar-refractivity contribution in [1.29, 1.82) is 0 Å². The third-order valence-electron chi connectivity index (χ3n) is 17.2. The molecule has 6 aromatic rings. The number of nitrogens with zero attached hydrogens (tertiary/aromatic N) is 10. The van der Waals surface area contributed by atoms with Crippen LogP contribution in [0.4, 0.5) is 29.7 Å². The van der Waals surface area contributed by atoms with Crippen molar-refractivity contribution in [3.63, 3.8) is 0 Å². The molecular formula is C64H64Cl2F2N12O10S2. The first-order valence-electron chi connectivity index (χ1n) is 29.4. The van der Waals surface area contributed by atoms with Gasteiger partial charge in [0.1, 0.15) is 23.7 Å². The van der Waals surface area contributed by atoms with Crippen LogP contribution in [-0.2, 0) is 34.1 Å². The number of carboxylic acid groups (broad SMARTS) is 2. The number of aromatic nitrogens is 2. The fourth-order valence-corrected chi connectivity index (χ4v) is 13.9. The number of ether oxygens (including phenoxy) is 2. The minimum Gasteiger partial charge on any atom is -0.481 e. The molecule has 4 saturated heterocycles. The van der Waals surface area contributed by atoms with E-state index in [0.717, 1.165) is 11.3 Å². The Bertz CT molecular complexity index is 3970. The SMILES string of the molecule is COC(=O)C1=C(CN2CCN3C(=O)N(c4ccc(C(C)(C)C(=O)O)cc4)C[C@@H]3C2)NC(c2nccs2)=N[C@H]1c1ccc(F)cc1Cl.COC(=O)C1=C(CN2CCN3C(=O)N(c4ccc(C(C)CC(=O)O)cc4)C[C@@H]3C2)NC(c2nccs2)=N[C@H]1c1ccc(F)cc1Cl. The molecule has 4 aromatic carbocycles. The fourth-order valence-electron chi connectivity index (χ4n) is 12.2. The second-order valence-electron chi connectivity index (χ2n) is 23.3. The summed E-state index contributed by atoms with van der Waals surface area (Å²) in [6.07, 6.45) is 3.35. The van der Waals surface area contributed by atoms with E-state index in [-0.39, 0.29) is 57.7 Å². The smallest absolute Gasteiger partial charge is 0.338 e. The molecule has 8 heterocycles. The van der Waals surface area contributed by atoms with Crippen LogP contribution in [0.15, 0.2) is 141 Å². The van der Waals surface area contributed by atoms with Crippen LogP contribution in [0.5, 0.6) is 0 Å². The maximum absolute atomic E-state index is 14.0. The van der Waals surface area contributed by atoms with E-state index in [4.69, 9.17) is 47.8 Å². The van der Waals surface area contributed by atoms with Gasteiger partial charge in [-0.25, -0.2) is 37.9 Å². The first-order valence-corrected chi connectivity index (χ1v) is 31.9. The summed E-state index contributed by atoms with van der Waals surface area (Å²) < 4.78 is 38.4. The summed E-state index contributed by atoms with van der Waals surface area (Å²) >= 11 is 15.7. The maximum atomic E-state index is 14.0. The van der Waals surface area contributed by atoms with E-state index in [9.17, 15) is 42.7 Å². The first kappa shape index (κ1) is 64.9. The minimum atomic E-state index is -1.05. The van der Waals surface area contributed by atoms with E-state index in [0.29, 0.717) is 121 Å². The number of thiazole rings is 2. The normalized spacial score (nSPS) is 20.5. The Morgan fingerprint density at radius 3 is 1.47 bits per heavy atom. The van der Waals surface area contributed by atoms with Crippen LogP contribution in [0.25, 0.3) is 0 Å². The number of hydrogen-bond acceptors (Lipinski definition) is 18. The van der Waals surface area contributed by atoms with E-state index in [1.165, 1.54) is 73.3 Å². The highest BCUT2D eigenvalue weighted by atomic mass is 35.5. The molecule has 0 saturated carbocycles. The van der Waals surface area contributed by atoms with Crippen molar-refractivity contribution in [2.24, 2.45) is 9.98 Å². The number of aliphatic imine (C=N–C) groups is 2. The number of benzene rings is 4. The molecule has 0 aliphatic carbocycles. The number of aliphatic carboxylic acids is 2. The number of esters is 2. The zero-order valence-corrected chi connectivity index (χ0v) is 53.7. The number of fused-ring (bicyclic) bond motifs is 2. The van der Waals surface area contributed by atoms with Gasteiger partial charge in [-0.2, -0.15) is 0 Å². The van der Waals surface area contributed by atoms with Gasteiger partial charge in [-0.15, -0.1) is 22.7 Å². The van der Waals surface area contributed by atoms with Crippen molar-refractivity contribution in [3.05, 3.63) is 185 Å². The van der Waals surface area contributed by atoms with Gasteiger partial charge in [0.25, 0.3) is 0 Å². The van der Waals surface area contributed by atoms with Crippen molar-refractivity contribution in [2.45, 2.75) is 62.7 Å². The third kappa shape index (κ3) is 13.5. The van der Waals surface area contributed by atoms with Gasteiger partial charge in [0, 0.05) is 133 Å². The highest BCUT2D eigenvalue weighted by molar-refractivity contribution is 7.12. The number of piperazine rings is 2. The minimum absolute atomic E-state index is 0.0333. The van der Waals surface area contributed by atoms with Gasteiger partial charge in [-0.05, 0) is 79.4 Å². The number of urea groups is 2. The maximum Gasteiger partial charge on any atom is 0.338 e. The number of hydrogen-bond donors (Lipinski definition) is 4. The topological polar surface area (TPSA) is 255 Å². The van der Waals surface area contributed by atoms with E-state index in [1.54, 1.807) is 60.3 Å². The van der Waals surface area contributed by atoms with E-state index in [2.05, 4.69) is 30.4 Å². The lowest BCUT2D eigenvalue weighted by atomic mass is 9.85. The van der Waals surface area contributed by atoms with Crippen LogP contribution in [0.2, 0.25) is 10.0 Å². The Labute approximate surface area is 546 Å². The second-order valence-corrected chi connectivity index (χ2v) is 25.9. The molecular weight excluding hydrogens is 1270 g/mol. The van der Waals surface area contributed by atoms with Crippen molar-refractivity contribution in [2.75, 3.05) is 89.5 Å². The first-order chi connectivity index (χ1) is 44.1. The number of amidine groups is 2. The zero-order valence-electron chi connectivity index (χ0n) is 50.5. The van der Waals surface area contributed by atoms with Gasteiger partial charge in [-0.1, -0.05) is 66.5 Å². The Kier molecular flexibility index (Phi) is 19.2. The van der Waals surface area contributed by atoms with E-state index >= 15 is 0 Å².